The van der Waals surface area contributed by atoms with Crippen molar-refractivity contribution in [2.24, 2.45) is 5.92 Å². The maximum Gasteiger partial charge on any atom is -0.00176 e. The molecule has 1 N–H and O–H groups in total. The number of hydrogen-bond acceptors (Lipinski definition) is 1. The van der Waals surface area contributed by atoms with Crippen LogP contribution in [0.15, 0.2) is 18.2 Å². The first-order valence-electron chi connectivity index (χ1n) is 6.44. The fourth-order valence-corrected chi connectivity index (χ4v) is 1.97. The molecule has 0 saturated carbocycles. The molecule has 0 aromatic heterocycles. The molecule has 0 amide bonds. The van der Waals surface area contributed by atoms with Crippen LogP contribution in [0.3, 0.4) is 0 Å². The van der Waals surface area contributed by atoms with E-state index in [9.17, 15) is 0 Å². The van der Waals surface area contributed by atoms with Gasteiger partial charge in [0.25, 0.3) is 0 Å². The molecule has 16 heavy (non-hydrogen) atoms. The Morgan fingerprint density at radius 2 is 1.88 bits per heavy atom. The average molecular weight is 219 g/mol. The highest BCUT2D eigenvalue weighted by molar-refractivity contribution is 5.30. The maximum atomic E-state index is 3.45. The fourth-order valence-electron chi connectivity index (χ4n) is 1.97. The first-order chi connectivity index (χ1) is 7.67. The van der Waals surface area contributed by atoms with E-state index in [1.807, 2.05) is 0 Å². The summed E-state index contributed by atoms with van der Waals surface area (Å²) >= 11 is 0. The molecule has 1 rings (SSSR count). The van der Waals surface area contributed by atoms with Crippen molar-refractivity contribution >= 4 is 0 Å². The molecule has 1 heteroatoms. The Bertz CT molecular complexity index is 317. The second-order valence-electron chi connectivity index (χ2n) is 4.70. The number of aryl methyl sites for hydroxylation is 2. The topological polar surface area (TPSA) is 12.0 Å². The Morgan fingerprint density at radius 3 is 2.44 bits per heavy atom. The van der Waals surface area contributed by atoms with E-state index in [1.165, 1.54) is 29.5 Å². The van der Waals surface area contributed by atoms with E-state index in [4.69, 9.17) is 0 Å². The molecule has 1 aromatic carbocycles. The monoisotopic (exact) mass is 219 g/mol. The fraction of sp³-hybridized carbons (Fsp3) is 0.600. The third-order valence-electron chi connectivity index (χ3n) is 3.36. The van der Waals surface area contributed by atoms with Crippen molar-refractivity contribution in [3.05, 3.63) is 34.9 Å². The number of benzene rings is 1. The van der Waals surface area contributed by atoms with E-state index in [2.05, 4.69) is 51.2 Å². The predicted molar refractivity (Wildman–Crippen MR) is 71.9 cm³/mol. The molecule has 90 valence electrons. The number of hydrogen-bond donors (Lipinski definition) is 1. The summed E-state index contributed by atoms with van der Waals surface area (Å²) in [4.78, 5) is 0. The largest absolute Gasteiger partial charge is 0.317 e. The van der Waals surface area contributed by atoms with Gasteiger partial charge in [-0.2, -0.15) is 0 Å². The number of rotatable bonds is 6. The van der Waals surface area contributed by atoms with Crippen LogP contribution < -0.4 is 5.32 Å². The summed E-state index contributed by atoms with van der Waals surface area (Å²) < 4.78 is 0. The molecule has 0 aliphatic carbocycles. The average Bonchev–Trinajstić information content (AvgIpc) is 2.29. The van der Waals surface area contributed by atoms with E-state index in [0.29, 0.717) is 0 Å². The Hall–Kier alpha value is -0.820. The first kappa shape index (κ1) is 13.2. The van der Waals surface area contributed by atoms with Crippen LogP contribution in [0.25, 0.3) is 0 Å². The third kappa shape index (κ3) is 3.97. The first-order valence-corrected chi connectivity index (χ1v) is 6.44. The van der Waals surface area contributed by atoms with Crippen molar-refractivity contribution in [1.82, 2.24) is 5.32 Å². The lowest BCUT2D eigenvalue weighted by Crippen LogP contribution is -2.23. The summed E-state index contributed by atoms with van der Waals surface area (Å²) in [5.74, 6) is 0.766. The number of nitrogens with one attached hydrogen (secondary N) is 1. The van der Waals surface area contributed by atoms with Crippen LogP contribution in [0.2, 0.25) is 0 Å². The van der Waals surface area contributed by atoms with Gasteiger partial charge < -0.3 is 5.32 Å². The Balaban J connectivity index is 2.59. The van der Waals surface area contributed by atoms with Crippen LogP contribution in [-0.2, 0) is 6.42 Å². The van der Waals surface area contributed by atoms with Gasteiger partial charge >= 0.3 is 0 Å². The molecule has 0 spiro atoms. The van der Waals surface area contributed by atoms with Crippen LogP contribution >= 0.6 is 0 Å². The molecule has 0 bridgehead atoms. The van der Waals surface area contributed by atoms with Crippen LogP contribution in [0.1, 0.15) is 37.0 Å². The summed E-state index contributed by atoms with van der Waals surface area (Å²) in [6.45, 7) is 11.0. The van der Waals surface area contributed by atoms with Gasteiger partial charge in [0.15, 0.2) is 0 Å². The molecule has 0 saturated heterocycles. The molecule has 1 unspecified atom stereocenters. The zero-order valence-corrected chi connectivity index (χ0v) is 11.1. The van der Waals surface area contributed by atoms with Crippen molar-refractivity contribution < 1.29 is 0 Å². The lowest BCUT2D eigenvalue weighted by Gasteiger charge is -2.16. The molecule has 0 radical (unpaired) electrons. The molecule has 0 aliphatic rings. The van der Waals surface area contributed by atoms with E-state index < -0.39 is 0 Å². The van der Waals surface area contributed by atoms with Crippen LogP contribution in [-0.4, -0.2) is 13.1 Å². The second-order valence-corrected chi connectivity index (χ2v) is 4.70. The minimum Gasteiger partial charge on any atom is -0.317 e. The minimum atomic E-state index is 0.766. The standard InChI is InChI=1S/C15H25N/c1-5-14(11-16-6-2)10-15-8-7-12(3)13(4)9-15/h7-9,14,16H,5-6,10-11H2,1-4H3. The molecular weight excluding hydrogens is 194 g/mol. The Labute approximate surface area is 100 Å². The van der Waals surface area contributed by atoms with E-state index in [0.717, 1.165) is 19.0 Å². The molecular formula is C15H25N. The molecule has 1 aromatic rings. The SMILES string of the molecule is CCNCC(CC)Cc1ccc(C)c(C)c1. The Kier molecular flexibility index (Phi) is 5.54. The zero-order chi connectivity index (χ0) is 12.0. The molecule has 1 atom stereocenters. The van der Waals surface area contributed by atoms with Gasteiger partial charge in [0.05, 0.1) is 0 Å². The van der Waals surface area contributed by atoms with Gasteiger partial charge in [-0.25, -0.2) is 0 Å². The molecule has 1 nitrogen and oxygen atoms in total. The highest BCUT2D eigenvalue weighted by atomic mass is 14.8. The second kappa shape index (κ2) is 6.70. The predicted octanol–water partition coefficient (Wildman–Crippen LogP) is 3.48. The van der Waals surface area contributed by atoms with Crippen molar-refractivity contribution in [3.63, 3.8) is 0 Å². The van der Waals surface area contributed by atoms with Gasteiger partial charge in [-0.05, 0) is 56.0 Å². The smallest absolute Gasteiger partial charge is 0.00176 e. The summed E-state index contributed by atoms with van der Waals surface area (Å²) in [5, 5.41) is 3.45. The summed E-state index contributed by atoms with van der Waals surface area (Å²) in [6.07, 6.45) is 2.45. The third-order valence-corrected chi connectivity index (χ3v) is 3.36. The lowest BCUT2D eigenvalue weighted by atomic mass is 9.95. The van der Waals surface area contributed by atoms with Gasteiger partial charge in [-0.3, -0.25) is 0 Å². The van der Waals surface area contributed by atoms with E-state index in [1.54, 1.807) is 0 Å². The van der Waals surface area contributed by atoms with Gasteiger partial charge in [0.1, 0.15) is 0 Å². The maximum absolute atomic E-state index is 3.45. The normalized spacial score (nSPS) is 12.8. The summed E-state index contributed by atoms with van der Waals surface area (Å²) in [5.41, 5.74) is 4.28. The summed E-state index contributed by atoms with van der Waals surface area (Å²) in [7, 11) is 0. The molecule has 0 heterocycles. The molecule has 0 fully saturated rings. The van der Waals surface area contributed by atoms with Gasteiger partial charge in [-0.15, -0.1) is 0 Å². The van der Waals surface area contributed by atoms with Crippen LogP contribution in [0.5, 0.6) is 0 Å². The van der Waals surface area contributed by atoms with Crippen molar-refractivity contribution in [2.45, 2.75) is 40.5 Å². The van der Waals surface area contributed by atoms with Gasteiger partial charge in [0.2, 0.25) is 0 Å². The summed E-state index contributed by atoms with van der Waals surface area (Å²) in [6, 6.07) is 6.85. The minimum absolute atomic E-state index is 0.766. The zero-order valence-electron chi connectivity index (χ0n) is 11.1. The van der Waals surface area contributed by atoms with Crippen LogP contribution in [0, 0.1) is 19.8 Å². The van der Waals surface area contributed by atoms with Gasteiger partial charge in [0, 0.05) is 0 Å². The van der Waals surface area contributed by atoms with Crippen LogP contribution in [0.4, 0.5) is 0 Å². The highest BCUT2D eigenvalue weighted by Gasteiger charge is 2.07. The van der Waals surface area contributed by atoms with Gasteiger partial charge in [-0.1, -0.05) is 38.5 Å². The molecule has 0 aliphatic heterocycles. The highest BCUT2D eigenvalue weighted by Crippen LogP contribution is 2.15. The van der Waals surface area contributed by atoms with Crippen molar-refractivity contribution in [3.8, 4) is 0 Å². The van der Waals surface area contributed by atoms with E-state index >= 15 is 0 Å². The lowest BCUT2D eigenvalue weighted by molar-refractivity contribution is 0.467. The van der Waals surface area contributed by atoms with E-state index in [-0.39, 0.29) is 0 Å². The quantitative estimate of drug-likeness (QED) is 0.772. The Morgan fingerprint density at radius 1 is 1.12 bits per heavy atom. The van der Waals surface area contributed by atoms with Crippen molar-refractivity contribution in [1.29, 1.82) is 0 Å². The van der Waals surface area contributed by atoms with Crippen molar-refractivity contribution in [2.75, 3.05) is 13.1 Å².